The van der Waals surface area contributed by atoms with Gasteiger partial charge in [-0.3, -0.25) is 4.79 Å². The van der Waals surface area contributed by atoms with Crippen molar-refractivity contribution in [3.8, 4) is 0 Å². The van der Waals surface area contributed by atoms with Crippen molar-refractivity contribution in [2.75, 3.05) is 33.7 Å². The zero-order chi connectivity index (χ0) is 18.1. The van der Waals surface area contributed by atoms with Gasteiger partial charge in [0.15, 0.2) is 0 Å². The minimum atomic E-state index is 0. The van der Waals surface area contributed by atoms with Crippen LogP contribution < -0.4 is 5.73 Å². The van der Waals surface area contributed by atoms with E-state index in [0.717, 1.165) is 43.6 Å². The van der Waals surface area contributed by atoms with Gasteiger partial charge in [0.1, 0.15) is 0 Å². The van der Waals surface area contributed by atoms with Gasteiger partial charge in [-0.1, -0.05) is 42.5 Å². The van der Waals surface area contributed by atoms with Gasteiger partial charge >= 0.3 is 0 Å². The molecule has 0 heterocycles. The molecule has 0 aliphatic carbocycles. The summed E-state index contributed by atoms with van der Waals surface area (Å²) in [6.07, 6.45) is 1.95. The highest BCUT2D eigenvalue weighted by Gasteiger charge is 2.15. The molecule has 0 spiro atoms. The van der Waals surface area contributed by atoms with Crippen LogP contribution in [0.5, 0.6) is 0 Å². The monoisotopic (exact) mass is 375 g/mol. The molecule has 2 aromatic carbocycles. The molecule has 4 nitrogen and oxygen atoms in total. The summed E-state index contributed by atoms with van der Waals surface area (Å²) >= 11 is 0. The lowest BCUT2D eigenvalue weighted by Crippen LogP contribution is -2.37. The lowest BCUT2D eigenvalue weighted by molar-refractivity contribution is 0.0743. The largest absolute Gasteiger partial charge is 0.337 e. The fourth-order valence-corrected chi connectivity index (χ4v) is 2.72. The number of halogens is 1. The van der Waals surface area contributed by atoms with Gasteiger partial charge in [0, 0.05) is 31.7 Å². The average Bonchev–Trinajstić information content (AvgIpc) is 2.64. The third kappa shape index (κ3) is 7.16. The number of benzene rings is 2. The van der Waals surface area contributed by atoms with E-state index < -0.39 is 0 Å². The molecule has 0 atom stereocenters. The van der Waals surface area contributed by atoms with Crippen LogP contribution in [-0.2, 0) is 13.0 Å². The van der Waals surface area contributed by atoms with Crippen molar-refractivity contribution in [1.82, 2.24) is 9.80 Å². The Morgan fingerprint density at radius 3 is 2.12 bits per heavy atom. The summed E-state index contributed by atoms with van der Waals surface area (Å²) < 4.78 is 0. The second-order valence-corrected chi connectivity index (χ2v) is 6.59. The first kappa shape index (κ1) is 22.2. The van der Waals surface area contributed by atoms with Crippen molar-refractivity contribution in [1.29, 1.82) is 0 Å². The number of amides is 1. The van der Waals surface area contributed by atoms with E-state index in [1.54, 1.807) is 0 Å². The van der Waals surface area contributed by atoms with Crippen LogP contribution in [0.3, 0.4) is 0 Å². The fraction of sp³-hybridized carbons (Fsp3) is 0.381. The molecule has 1 amide bonds. The number of likely N-dealkylation sites (N-methyl/N-ethyl adjacent to an activating group) is 1. The van der Waals surface area contributed by atoms with E-state index in [1.165, 1.54) is 5.56 Å². The van der Waals surface area contributed by atoms with Crippen molar-refractivity contribution in [3.63, 3.8) is 0 Å². The Labute approximate surface area is 163 Å². The van der Waals surface area contributed by atoms with Gasteiger partial charge in [-0.2, -0.15) is 0 Å². The molecular weight excluding hydrogens is 346 g/mol. The van der Waals surface area contributed by atoms with Crippen LogP contribution in [0.25, 0.3) is 0 Å². The molecule has 0 aliphatic rings. The Morgan fingerprint density at radius 2 is 1.54 bits per heavy atom. The smallest absolute Gasteiger partial charge is 0.253 e. The normalized spacial score (nSPS) is 10.5. The molecule has 142 valence electrons. The third-order valence-corrected chi connectivity index (χ3v) is 4.28. The van der Waals surface area contributed by atoms with Crippen molar-refractivity contribution in [3.05, 3.63) is 71.3 Å². The van der Waals surface area contributed by atoms with Gasteiger partial charge in [0.25, 0.3) is 5.91 Å². The Hall–Kier alpha value is -1.88. The van der Waals surface area contributed by atoms with E-state index in [9.17, 15) is 4.79 Å². The summed E-state index contributed by atoms with van der Waals surface area (Å²) in [4.78, 5) is 16.9. The van der Waals surface area contributed by atoms with Crippen LogP contribution in [0, 0.1) is 0 Å². The summed E-state index contributed by atoms with van der Waals surface area (Å²) in [6, 6.07) is 18.0. The van der Waals surface area contributed by atoms with Crippen LogP contribution in [0.1, 0.15) is 27.9 Å². The maximum absolute atomic E-state index is 12.9. The van der Waals surface area contributed by atoms with Gasteiger partial charge < -0.3 is 15.5 Å². The number of aryl methyl sites for hydroxylation is 1. The molecule has 0 aliphatic heterocycles. The highest BCUT2D eigenvalue weighted by molar-refractivity contribution is 5.94. The quantitative estimate of drug-likeness (QED) is 0.732. The van der Waals surface area contributed by atoms with Gasteiger partial charge in [-0.15, -0.1) is 12.4 Å². The third-order valence-electron chi connectivity index (χ3n) is 4.28. The molecule has 26 heavy (non-hydrogen) atoms. The Morgan fingerprint density at radius 1 is 0.885 bits per heavy atom. The summed E-state index contributed by atoms with van der Waals surface area (Å²) in [5.41, 5.74) is 8.73. The molecule has 5 heteroatoms. The molecule has 0 radical (unpaired) electrons. The zero-order valence-electron chi connectivity index (χ0n) is 15.7. The summed E-state index contributed by atoms with van der Waals surface area (Å²) in [5.74, 6) is 0.0958. The number of hydrogen-bond acceptors (Lipinski definition) is 3. The summed E-state index contributed by atoms with van der Waals surface area (Å²) in [7, 11) is 4.06. The molecule has 0 aromatic heterocycles. The maximum atomic E-state index is 12.9. The Balaban J connectivity index is 0.00000338. The molecule has 2 N–H and O–H groups in total. The lowest BCUT2D eigenvalue weighted by atomic mass is 10.1. The molecule has 0 fully saturated rings. The van der Waals surface area contributed by atoms with Crippen LogP contribution in [0.2, 0.25) is 0 Å². The van der Waals surface area contributed by atoms with Crippen molar-refractivity contribution >= 4 is 18.3 Å². The van der Waals surface area contributed by atoms with E-state index in [1.807, 2.05) is 49.3 Å². The minimum absolute atomic E-state index is 0. The first-order chi connectivity index (χ1) is 12.1. The molecule has 2 rings (SSSR count). The highest BCUT2D eigenvalue weighted by Crippen LogP contribution is 2.10. The van der Waals surface area contributed by atoms with Crippen molar-refractivity contribution in [2.24, 2.45) is 5.73 Å². The second-order valence-electron chi connectivity index (χ2n) is 6.59. The van der Waals surface area contributed by atoms with E-state index >= 15 is 0 Å². The minimum Gasteiger partial charge on any atom is -0.337 e. The number of nitrogens with zero attached hydrogens (tertiary/aromatic N) is 2. The topological polar surface area (TPSA) is 49.6 Å². The molecule has 0 unspecified atom stereocenters. The second kappa shape index (κ2) is 11.7. The standard InChI is InChI=1S/C21H29N3O.ClH/c1-23(2)15-16-24(14-6-9-18-7-4-3-5-8-18)21(25)20-12-10-19(17-22)11-13-20;/h3-5,7-8,10-13H,6,9,14-17,22H2,1-2H3;1H. The molecule has 0 saturated heterocycles. The summed E-state index contributed by atoms with van der Waals surface area (Å²) in [6.45, 7) is 2.85. The predicted octanol–water partition coefficient (Wildman–Crippen LogP) is 3.20. The number of nitrogens with two attached hydrogens (primary N) is 1. The lowest BCUT2D eigenvalue weighted by Gasteiger charge is -2.24. The average molecular weight is 376 g/mol. The summed E-state index contributed by atoms with van der Waals surface area (Å²) in [5, 5.41) is 0. The van der Waals surface area contributed by atoms with E-state index in [-0.39, 0.29) is 18.3 Å². The van der Waals surface area contributed by atoms with E-state index in [2.05, 4.69) is 29.2 Å². The number of carbonyl (C=O) groups is 1. The fourth-order valence-electron chi connectivity index (χ4n) is 2.72. The molecule has 0 bridgehead atoms. The van der Waals surface area contributed by atoms with Crippen molar-refractivity contribution in [2.45, 2.75) is 19.4 Å². The SMILES string of the molecule is CN(C)CCN(CCCc1ccccc1)C(=O)c1ccc(CN)cc1.Cl. The first-order valence-electron chi connectivity index (χ1n) is 8.87. The van der Waals surface area contributed by atoms with Gasteiger partial charge in [-0.25, -0.2) is 0 Å². The van der Waals surface area contributed by atoms with Crippen LogP contribution in [-0.4, -0.2) is 49.4 Å². The predicted molar refractivity (Wildman–Crippen MR) is 111 cm³/mol. The van der Waals surface area contributed by atoms with Crippen LogP contribution >= 0.6 is 12.4 Å². The number of hydrogen-bond donors (Lipinski definition) is 1. The number of rotatable bonds is 9. The van der Waals surface area contributed by atoms with Crippen LogP contribution in [0.15, 0.2) is 54.6 Å². The zero-order valence-corrected chi connectivity index (χ0v) is 16.5. The van der Waals surface area contributed by atoms with Crippen LogP contribution in [0.4, 0.5) is 0 Å². The highest BCUT2D eigenvalue weighted by atomic mass is 35.5. The number of carbonyl (C=O) groups excluding carboxylic acids is 1. The first-order valence-corrected chi connectivity index (χ1v) is 8.87. The van der Waals surface area contributed by atoms with Crippen molar-refractivity contribution < 1.29 is 4.79 Å². The van der Waals surface area contributed by atoms with Gasteiger partial charge in [0.2, 0.25) is 0 Å². The molecule has 2 aromatic rings. The van der Waals surface area contributed by atoms with E-state index in [0.29, 0.717) is 6.54 Å². The van der Waals surface area contributed by atoms with Gasteiger partial charge in [0.05, 0.1) is 0 Å². The Bertz CT molecular complexity index is 644. The van der Waals surface area contributed by atoms with E-state index in [4.69, 9.17) is 5.73 Å². The maximum Gasteiger partial charge on any atom is 0.253 e. The van der Waals surface area contributed by atoms with Gasteiger partial charge in [-0.05, 0) is 50.2 Å². The molecule has 0 saturated carbocycles. The Kier molecular flexibility index (Phi) is 9.96. The molecular formula is C21H30ClN3O.